The smallest absolute Gasteiger partial charge is 0.256 e. The molecule has 0 bridgehead atoms. The molecule has 5 nitrogen and oxygen atoms in total. The molecule has 1 unspecified atom stereocenters. The molecule has 1 atom stereocenters. The number of hydrogen-bond acceptors (Lipinski definition) is 4. The molecule has 142 valence electrons. The number of carbonyl (C=O) groups is 1. The highest BCUT2D eigenvalue weighted by molar-refractivity contribution is 5.97. The van der Waals surface area contributed by atoms with Crippen molar-refractivity contribution in [3.63, 3.8) is 0 Å². The molecule has 0 aliphatic heterocycles. The number of anilines is 1. The molecule has 1 N–H and O–H groups in total. The van der Waals surface area contributed by atoms with E-state index in [1.807, 2.05) is 52.2 Å². The third-order valence-corrected chi connectivity index (χ3v) is 4.12. The zero-order chi connectivity index (χ0) is 18.7. The normalized spacial score (nSPS) is 13.5. The van der Waals surface area contributed by atoms with Crippen molar-refractivity contribution in [2.75, 3.05) is 39.2 Å². The van der Waals surface area contributed by atoms with Gasteiger partial charge >= 0.3 is 0 Å². The summed E-state index contributed by atoms with van der Waals surface area (Å²) in [5, 5.41) is 2.97. The van der Waals surface area contributed by atoms with E-state index in [-0.39, 0.29) is 5.91 Å². The highest BCUT2D eigenvalue weighted by Crippen LogP contribution is 2.23. The van der Waals surface area contributed by atoms with E-state index < -0.39 is 5.60 Å². The van der Waals surface area contributed by atoms with Crippen molar-refractivity contribution in [2.45, 2.75) is 52.1 Å². The molecule has 0 aliphatic carbocycles. The highest BCUT2D eigenvalue weighted by atomic mass is 16.5. The number of amides is 1. The summed E-state index contributed by atoms with van der Waals surface area (Å²) in [6, 6.07) is 7.48. The zero-order valence-corrected chi connectivity index (χ0v) is 16.4. The van der Waals surface area contributed by atoms with E-state index >= 15 is 0 Å². The van der Waals surface area contributed by atoms with E-state index in [9.17, 15) is 4.79 Å². The predicted octanol–water partition coefficient (Wildman–Crippen LogP) is 3.94. The fraction of sp³-hybridized carbons (Fsp3) is 0.650. The van der Waals surface area contributed by atoms with Crippen LogP contribution in [-0.2, 0) is 9.53 Å². The van der Waals surface area contributed by atoms with Crippen molar-refractivity contribution in [2.24, 2.45) is 0 Å². The number of ether oxygens (including phenoxy) is 2. The summed E-state index contributed by atoms with van der Waals surface area (Å²) in [5.74, 6) is 0.710. The third-order valence-electron chi connectivity index (χ3n) is 4.12. The van der Waals surface area contributed by atoms with Crippen molar-refractivity contribution in [1.82, 2.24) is 4.90 Å². The van der Waals surface area contributed by atoms with Gasteiger partial charge < -0.3 is 19.7 Å². The lowest BCUT2D eigenvalue weighted by Crippen LogP contribution is -2.42. The Morgan fingerprint density at radius 2 is 1.84 bits per heavy atom. The Morgan fingerprint density at radius 3 is 2.40 bits per heavy atom. The van der Waals surface area contributed by atoms with Gasteiger partial charge in [-0.3, -0.25) is 4.79 Å². The van der Waals surface area contributed by atoms with Crippen molar-refractivity contribution in [1.29, 1.82) is 0 Å². The molecule has 0 saturated carbocycles. The second-order valence-electron chi connectivity index (χ2n) is 6.75. The van der Waals surface area contributed by atoms with E-state index in [1.165, 1.54) is 0 Å². The topological polar surface area (TPSA) is 50.8 Å². The fourth-order valence-electron chi connectivity index (χ4n) is 2.53. The molecule has 0 fully saturated rings. The number of benzene rings is 1. The minimum Gasteiger partial charge on any atom is -0.492 e. The molecule has 1 aromatic carbocycles. The minimum absolute atomic E-state index is 0.0910. The molecule has 0 heterocycles. The summed E-state index contributed by atoms with van der Waals surface area (Å²) in [7, 11) is 4.02. The first kappa shape index (κ1) is 21.5. The molecular weight excluding hydrogens is 316 g/mol. The Morgan fingerprint density at radius 1 is 1.16 bits per heavy atom. The van der Waals surface area contributed by atoms with E-state index in [1.54, 1.807) is 0 Å². The molecule has 1 amide bonds. The van der Waals surface area contributed by atoms with Gasteiger partial charge in [-0.15, -0.1) is 0 Å². The average molecular weight is 351 g/mol. The van der Waals surface area contributed by atoms with Crippen molar-refractivity contribution < 1.29 is 14.3 Å². The first-order valence-corrected chi connectivity index (χ1v) is 9.24. The number of hydrogen-bond donors (Lipinski definition) is 1. The summed E-state index contributed by atoms with van der Waals surface area (Å²) in [5.41, 5.74) is -0.0310. The van der Waals surface area contributed by atoms with Crippen molar-refractivity contribution >= 4 is 11.6 Å². The molecule has 0 aromatic heterocycles. The monoisotopic (exact) mass is 350 g/mol. The quantitative estimate of drug-likeness (QED) is 0.580. The lowest BCUT2D eigenvalue weighted by atomic mass is 9.96. The summed E-state index contributed by atoms with van der Waals surface area (Å²) in [6.45, 7) is 7.97. The van der Waals surface area contributed by atoms with Gasteiger partial charge in [-0.25, -0.2) is 0 Å². The summed E-state index contributed by atoms with van der Waals surface area (Å²) >= 11 is 0. The maximum absolute atomic E-state index is 12.7. The molecule has 1 aromatic rings. The van der Waals surface area contributed by atoms with Crippen LogP contribution in [0.25, 0.3) is 0 Å². The predicted molar refractivity (Wildman–Crippen MR) is 103 cm³/mol. The lowest BCUT2D eigenvalue weighted by molar-refractivity contribution is -0.139. The van der Waals surface area contributed by atoms with Crippen LogP contribution < -0.4 is 10.1 Å². The third kappa shape index (κ3) is 7.88. The Hall–Kier alpha value is -1.59. The maximum atomic E-state index is 12.7. The Bertz CT molecular complexity index is 502. The standard InChI is InChI=1S/C20H34N2O3/c1-6-8-9-14-20(3,25-7-2)19(23)21-17-10-12-18(13-11-17)24-16-15-22(4)5/h10-13H,6-9,14-16H2,1-5H3,(H,21,23). The van der Waals surface area contributed by atoms with Crippen LogP contribution in [0, 0.1) is 0 Å². The van der Waals surface area contributed by atoms with E-state index in [2.05, 4.69) is 17.1 Å². The Balaban J connectivity index is 2.60. The van der Waals surface area contributed by atoms with Gasteiger partial charge in [0.05, 0.1) is 0 Å². The molecule has 0 radical (unpaired) electrons. The minimum atomic E-state index is -0.787. The molecule has 5 heteroatoms. The van der Waals surface area contributed by atoms with Crippen LogP contribution in [0.4, 0.5) is 5.69 Å². The number of nitrogens with one attached hydrogen (secondary N) is 1. The summed E-state index contributed by atoms with van der Waals surface area (Å²) in [4.78, 5) is 14.7. The lowest BCUT2D eigenvalue weighted by Gasteiger charge is -2.28. The first-order valence-electron chi connectivity index (χ1n) is 9.24. The van der Waals surface area contributed by atoms with Crippen LogP contribution in [-0.4, -0.2) is 50.3 Å². The van der Waals surface area contributed by atoms with Crippen molar-refractivity contribution in [3.8, 4) is 5.75 Å². The Kier molecular flexibility index (Phi) is 9.53. The summed E-state index contributed by atoms with van der Waals surface area (Å²) in [6.07, 6.45) is 3.94. The van der Waals surface area contributed by atoms with Gasteiger partial charge in [-0.1, -0.05) is 26.2 Å². The second kappa shape index (κ2) is 11.1. The Labute approximate surface area is 152 Å². The molecule has 1 rings (SSSR count). The van der Waals surface area contributed by atoms with Gasteiger partial charge in [0, 0.05) is 18.8 Å². The van der Waals surface area contributed by atoms with Crippen LogP contribution in [0.1, 0.15) is 46.5 Å². The highest BCUT2D eigenvalue weighted by Gasteiger charge is 2.33. The second-order valence-corrected chi connectivity index (χ2v) is 6.75. The molecule has 0 saturated heterocycles. The number of rotatable bonds is 12. The van der Waals surface area contributed by atoms with Crippen LogP contribution in [0.2, 0.25) is 0 Å². The zero-order valence-electron chi connectivity index (χ0n) is 16.4. The number of likely N-dealkylation sites (N-methyl/N-ethyl adjacent to an activating group) is 1. The van der Waals surface area contributed by atoms with E-state index in [0.717, 1.165) is 43.7 Å². The maximum Gasteiger partial charge on any atom is 0.256 e. The van der Waals surface area contributed by atoms with Gasteiger partial charge in [0.15, 0.2) is 0 Å². The van der Waals surface area contributed by atoms with Crippen molar-refractivity contribution in [3.05, 3.63) is 24.3 Å². The summed E-state index contributed by atoms with van der Waals surface area (Å²) < 4.78 is 11.4. The average Bonchev–Trinajstić information content (AvgIpc) is 2.56. The molecule has 0 aliphatic rings. The van der Waals surface area contributed by atoms with Gasteiger partial charge in [-0.05, 0) is 58.6 Å². The first-order chi connectivity index (χ1) is 11.9. The number of carbonyl (C=O) groups excluding carboxylic acids is 1. The molecule has 25 heavy (non-hydrogen) atoms. The van der Waals surface area contributed by atoms with Gasteiger partial charge in [-0.2, -0.15) is 0 Å². The van der Waals surface area contributed by atoms with Gasteiger partial charge in [0.1, 0.15) is 18.0 Å². The number of nitrogens with zero attached hydrogens (tertiary/aromatic N) is 1. The van der Waals surface area contributed by atoms with Crippen LogP contribution in [0.3, 0.4) is 0 Å². The van der Waals surface area contributed by atoms with Crippen LogP contribution in [0.15, 0.2) is 24.3 Å². The largest absolute Gasteiger partial charge is 0.492 e. The SMILES string of the molecule is CCCCCC(C)(OCC)C(=O)Nc1ccc(OCCN(C)C)cc1. The van der Waals surface area contributed by atoms with Crippen LogP contribution in [0.5, 0.6) is 5.75 Å². The van der Waals surface area contributed by atoms with Gasteiger partial charge in [0.25, 0.3) is 5.91 Å². The molecule has 0 spiro atoms. The molecular formula is C20H34N2O3. The van der Waals surface area contributed by atoms with E-state index in [0.29, 0.717) is 13.2 Å². The van der Waals surface area contributed by atoms with E-state index in [4.69, 9.17) is 9.47 Å². The van der Waals surface area contributed by atoms with Gasteiger partial charge in [0.2, 0.25) is 0 Å². The van der Waals surface area contributed by atoms with Crippen LogP contribution >= 0.6 is 0 Å². The fourth-order valence-corrected chi connectivity index (χ4v) is 2.53. The number of unbranched alkanes of at least 4 members (excludes halogenated alkanes) is 2.